The predicted molar refractivity (Wildman–Crippen MR) is 131 cm³/mol. The highest BCUT2D eigenvalue weighted by atomic mass is 32.1. The van der Waals surface area contributed by atoms with Crippen molar-refractivity contribution in [3.8, 4) is 16.9 Å². The molecule has 4 heterocycles. The first-order chi connectivity index (χ1) is 16.2. The van der Waals surface area contributed by atoms with Crippen molar-refractivity contribution in [1.82, 2.24) is 29.6 Å². The maximum Gasteiger partial charge on any atom is 0.145 e. The van der Waals surface area contributed by atoms with E-state index in [-0.39, 0.29) is 0 Å². The van der Waals surface area contributed by atoms with Gasteiger partial charge in [0.1, 0.15) is 24.5 Å². The van der Waals surface area contributed by atoms with Crippen LogP contribution < -0.4 is 10.1 Å². The maximum atomic E-state index is 6.33. The number of benzene rings is 2. The van der Waals surface area contributed by atoms with Gasteiger partial charge in [0.15, 0.2) is 0 Å². The number of ether oxygens (including phenoxy) is 1. The van der Waals surface area contributed by atoms with E-state index in [9.17, 15) is 0 Å². The lowest BCUT2D eigenvalue weighted by Gasteiger charge is -2.30. The number of rotatable bonds is 7. The second-order valence-corrected chi connectivity index (χ2v) is 9.08. The molecule has 0 bridgehead atoms. The molecule has 2 aromatic carbocycles. The molecule has 0 spiro atoms. The van der Waals surface area contributed by atoms with Crippen LogP contribution in [0.4, 0.5) is 11.5 Å². The average molecular weight is 458 g/mol. The van der Waals surface area contributed by atoms with Crippen LogP contribution in [0.1, 0.15) is 6.42 Å². The van der Waals surface area contributed by atoms with Gasteiger partial charge in [-0.1, -0.05) is 0 Å². The zero-order chi connectivity index (χ0) is 22.2. The van der Waals surface area contributed by atoms with E-state index in [0.717, 1.165) is 69.1 Å². The van der Waals surface area contributed by atoms with E-state index < -0.39 is 0 Å². The van der Waals surface area contributed by atoms with Gasteiger partial charge in [-0.25, -0.2) is 15.0 Å². The topological polar surface area (TPSA) is 81.0 Å². The highest BCUT2D eigenvalue weighted by Crippen LogP contribution is 2.36. The molecule has 1 N–H and O–H groups in total. The number of nitrogens with one attached hydrogen (secondary N) is 1. The van der Waals surface area contributed by atoms with Gasteiger partial charge >= 0.3 is 0 Å². The molecule has 1 fully saturated rings. The third-order valence-corrected chi connectivity index (χ3v) is 6.74. The minimum Gasteiger partial charge on any atom is -0.491 e. The minimum atomic E-state index is 0.618. The fourth-order valence-corrected chi connectivity index (χ4v) is 4.78. The number of anilines is 2. The van der Waals surface area contributed by atoms with Crippen LogP contribution >= 0.6 is 11.3 Å². The van der Waals surface area contributed by atoms with Gasteiger partial charge < -0.3 is 10.1 Å². The Hall–Kier alpha value is -3.56. The first kappa shape index (κ1) is 20.1. The second kappa shape index (κ2) is 8.42. The zero-order valence-corrected chi connectivity index (χ0v) is 19.0. The highest BCUT2D eigenvalue weighted by Gasteiger charge is 2.17. The van der Waals surface area contributed by atoms with E-state index in [1.807, 2.05) is 37.1 Å². The molecule has 9 heteroatoms. The molecular weight excluding hydrogens is 434 g/mol. The van der Waals surface area contributed by atoms with Crippen molar-refractivity contribution in [1.29, 1.82) is 0 Å². The molecule has 0 aliphatic carbocycles. The highest BCUT2D eigenvalue weighted by molar-refractivity contribution is 7.16. The van der Waals surface area contributed by atoms with Crippen molar-refractivity contribution in [2.75, 3.05) is 31.6 Å². The van der Waals surface area contributed by atoms with Crippen LogP contribution in [-0.4, -0.2) is 55.9 Å². The lowest BCUT2D eigenvalue weighted by Crippen LogP contribution is -2.39. The molecule has 0 unspecified atom stereocenters. The fraction of sp³-hybridized carbons (Fsp3) is 0.250. The number of thiazole rings is 1. The van der Waals surface area contributed by atoms with E-state index in [1.54, 1.807) is 22.3 Å². The molecule has 0 saturated carbocycles. The van der Waals surface area contributed by atoms with Crippen molar-refractivity contribution in [3.05, 3.63) is 54.6 Å². The summed E-state index contributed by atoms with van der Waals surface area (Å²) in [5.41, 5.74) is 6.68. The van der Waals surface area contributed by atoms with Crippen molar-refractivity contribution >= 4 is 44.0 Å². The van der Waals surface area contributed by atoms with E-state index in [4.69, 9.17) is 4.74 Å². The lowest BCUT2D eigenvalue weighted by atomic mass is 10.1. The van der Waals surface area contributed by atoms with Gasteiger partial charge in [-0.2, -0.15) is 5.10 Å². The number of aromatic nitrogens is 5. The Balaban J connectivity index is 1.40. The van der Waals surface area contributed by atoms with Gasteiger partial charge in [0.25, 0.3) is 0 Å². The Morgan fingerprint density at radius 2 is 2.00 bits per heavy atom. The summed E-state index contributed by atoms with van der Waals surface area (Å²) in [7, 11) is 1.92. The van der Waals surface area contributed by atoms with Gasteiger partial charge in [-0.15, -0.1) is 11.3 Å². The van der Waals surface area contributed by atoms with Gasteiger partial charge in [0.05, 0.1) is 32.8 Å². The van der Waals surface area contributed by atoms with Crippen LogP contribution in [0.15, 0.2) is 54.6 Å². The Morgan fingerprint density at radius 3 is 2.82 bits per heavy atom. The Morgan fingerprint density at radius 1 is 1.06 bits per heavy atom. The molecule has 8 nitrogen and oxygen atoms in total. The standard InChI is InChI=1S/C24H23N7OS/c1-30-13-17(12-28-30)16-9-20-23(21(10-16)32-8-7-31-5-2-6-31)24(26-14-25-20)29-18-3-4-19-22(11-18)33-15-27-19/h3-4,9-15H,2,5-8H2,1H3,(H,25,26,29). The second-order valence-electron chi connectivity index (χ2n) is 8.20. The van der Waals surface area contributed by atoms with Gasteiger partial charge in [0.2, 0.25) is 0 Å². The van der Waals surface area contributed by atoms with Crippen LogP contribution in [0.2, 0.25) is 0 Å². The number of fused-ring (bicyclic) bond motifs is 2. The Kier molecular flexibility index (Phi) is 5.12. The van der Waals surface area contributed by atoms with Crippen molar-refractivity contribution < 1.29 is 4.74 Å². The summed E-state index contributed by atoms with van der Waals surface area (Å²) in [6.45, 7) is 3.83. The third kappa shape index (κ3) is 4.01. The summed E-state index contributed by atoms with van der Waals surface area (Å²) in [6.07, 6.45) is 6.71. The van der Waals surface area contributed by atoms with Crippen LogP contribution in [-0.2, 0) is 7.05 Å². The van der Waals surface area contributed by atoms with Crippen molar-refractivity contribution in [3.63, 3.8) is 0 Å². The molecule has 3 aromatic heterocycles. The van der Waals surface area contributed by atoms with Crippen LogP contribution in [0, 0.1) is 0 Å². The summed E-state index contributed by atoms with van der Waals surface area (Å²) in [6, 6.07) is 10.3. The molecule has 1 aliphatic rings. The third-order valence-electron chi connectivity index (χ3n) is 5.95. The maximum absolute atomic E-state index is 6.33. The number of likely N-dealkylation sites (tertiary alicyclic amines) is 1. The van der Waals surface area contributed by atoms with Crippen molar-refractivity contribution in [2.24, 2.45) is 7.05 Å². The molecule has 1 saturated heterocycles. The monoisotopic (exact) mass is 457 g/mol. The first-order valence-corrected chi connectivity index (χ1v) is 11.8. The summed E-state index contributed by atoms with van der Waals surface area (Å²) >= 11 is 1.62. The van der Waals surface area contributed by atoms with Gasteiger partial charge in [0, 0.05) is 31.0 Å². The summed E-state index contributed by atoms with van der Waals surface area (Å²) in [4.78, 5) is 15.9. The average Bonchev–Trinajstić information content (AvgIpc) is 3.43. The Labute approximate surface area is 194 Å². The molecule has 166 valence electrons. The normalized spacial score (nSPS) is 14.0. The van der Waals surface area contributed by atoms with Crippen LogP contribution in [0.3, 0.4) is 0 Å². The molecule has 5 aromatic rings. The van der Waals surface area contributed by atoms with Gasteiger partial charge in [-0.05, 0) is 55.4 Å². The molecule has 0 atom stereocenters. The van der Waals surface area contributed by atoms with Gasteiger partial charge in [-0.3, -0.25) is 9.58 Å². The fourth-order valence-electron chi connectivity index (χ4n) is 4.06. The first-order valence-electron chi connectivity index (χ1n) is 11.0. The van der Waals surface area contributed by atoms with E-state index in [2.05, 4.69) is 48.5 Å². The largest absolute Gasteiger partial charge is 0.491 e. The number of hydrogen-bond donors (Lipinski definition) is 1. The molecule has 0 amide bonds. The lowest BCUT2D eigenvalue weighted by molar-refractivity contribution is 0.147. The molecule has 0 radical (unpaired) electrons. The Bertz CT molecular complexity index is 1440. The van der Waals surface area contributed by atoms with Crippen LogP contribution in [0.25, 0.3) is 32.2 Å². The molecule has 33 heavy (non-hydrogen) atoms. The van der Waals surface area contributed by atoms with Crippen LogP contribution in [0.5, 0.6) is 5.75 Å². The summed E-state index contributed by atoms with van der Waals surface area (Å²) in [5.74, 6) is 1.49. The quantitative estimate of drug-likeness (QED) is 0.386. The number of aryl methyl sites for hydroxylation is 1. The number of nitrogens with zero attached hydrogens (tertiary/aromatic N) is 6. The summed E-state index contributed by atoms with van der Waals surface area (Å²) < 4.78 is 9.26. The van der Waals surface area contributed by atoms with E-state index >= 15 is 0 Å². The smallest absolute Gasteiger partial charge is 0.145 e. The summed E-state index contributed by atoms with van der Waals surface area (Å²) in [5, 5.41) is 8.67. The predicted octanol–water partition coefficient (Wildman–Crippen LogP) is 4.47. The SMILES string of the molecule is Cn1cc(-c2cc(OCCN3CCC3)c3c(Nc4ccc5ncsc5c4)ncnc3c2)cn1. The number of hydrogen-bond acceptors (Lipinski definition) is 8. The molecular formula is C24H23N7OS. The zero-order valence-electron chi connectivity index (χ0n) is 18.2. The molecule has 6 rings (SSSR count). The van der Waals surface area contributed by atoms with E-state index in [0.29, 0.717) is 6.61 Å². The van der Waals surface area contributed by atoms with E-state index in [1.165, 1.54) is 6.42 Å². The minimum absolute atomic E-state index is 0.618. The van der Waals surface area contributed by atoms with Crippen molar-refractivity contribution in [2.45, 2.75) is 6.42 Å². The molecule has 1 aliphatic heterocycles.